The highest BCUT2D eigenvalue weighted by Crippen LogP contribution is 2.43. The predicted octanol–water partition coefficient (Wildman–Crippen LogP) is 3.40. The molecule has 0 radical (unpaired) electrons. The molecule has 3 aromatic heterocycles. The van der Waals surface area contributed by atoms with Gasteiger partial charge in [-0.3, -0.25) is 14.6 Å². The molecule has 1 aromatic carbocycles. The molecule has 0 spiro atoms. The van der Waals surface area contributed by atoms with E-state index in [2.05, 4.69) is 14.5 Å². The Kier molecular flexibility index (Phi) is 4.12. The Balaban J connectivity index is 1.78. The number of pyridine rings is 2. The number of likely N-dealkylation sites (N-methyl/N-ethyl adjacent to an activating group) is 1. The second-order valence-corrected chi connectivity index (χ2v) is 8.59. The number of amides is 1. The Hall–Kier alpha value is -3.74. The Labute approximate surface area is 179 Å². The molecule has 0 atom stereocenters. The number of imidazole rings is 1. The van der Waals surface area contributed by atoms with E-state index < -0.39 is 5.41 Å². The Bertz CT molecular complexity index is 1400. The summed E-state index contributed by atoms with van der Waals surface area (Å²) in [7, 11) is 1.81. The number of H-pyrrole nitrogens is 1. The van der Waals surface area contributed by atoms with Gasteiger partial charge in [-0.05, 0) is 56.7 Å². The summed E-state index contributed by atoms with van der Waals surface area (Å²) in [6, 6.07) is 11.7. The molecule has 5 rings (SSSR count). The zero-order valence-corrected chi connectivity index (χ0v) is 17.9. The first-order valence-corrected chi connectivity index (χ1v) is 10.2. The largest absolute Gasteiger partial charge is 0.328 e. The van der Waals surface area contributed by atoms with Gasteiger partial charge in [0.25, 0.3) is 5.56 Å². The van der Waals surface area contributed by atoms with Crippen molar-refractivity contribution in [2.24, 2.45) is 0 Å². The van der Waals surface area contributed by atoms with Crippen LogP contribution in [0.25, 0.3) is 22.4 Å². The van der Waals surface area contributed by atoms with Gasteiger partial charge in [0.1, 0.15) is 5.82 Å². The highest BCUT2D eigenvalue weighted by atomic mass is 16.2. The number of hydrogen-bond donors (Lipinski definition) is 1. The molecule has 0 saturated heterocycles. The highest BCUT2D eigenvalue weighted by Gasteiger charge is 2.42. The normalized spacial score (nSPS) is 15.0. The molecule has 0 saturated carbocycles. The third-order valence-corrected chi connectivity index (χ3v) is 6.13. The van der Waals surface area contributed by atoms with Crippen molar-refractivity contribution in [1.82, 2.24) is 19.5 Å². The zero-order valence-electron chi connectivity index (χ0n) is 17.9. The molecule has 1 amide bonds. The maximum Gasteiger partial charge on any atom is 0.250 e. The van der Waals surface area contributed by atoms with Gasteiger partial charge in [0.15, 0.2) is 0 Å². The maximum atomic E-state index is 12.8. The number of fused-ring (bicyclic) bond motifs is 2. The van der Waals surface area contributed by atoms with Crippen LogP contribution in [0, 0.1) is 6.92 Å². The van der Waals surface area contributed by atoms with Crippen LogP contribution in [0.15, 0.2) is 53.6 Å². The number of carbonyl (C=O) groups is 1. The van der Waals surface area contributed by atoms with E-state index in [1.807, 2.05) is 57.3 Å². The second kappa shape index (κ2) is 6.63. The summed E-state index contributed by atoms with van der Waals surface area (Å²) in [5.74, 6) is 0.818. The van der Waals surface area contributed by atoms with Crippen LogP contribution in [-0.2, 0) is 16.8 Å². The number of benzene rings is 1. The van der Waals surface area contributed by atoms with Gasteiger partial charge >= 0.3 is 0 Å². The van der Waals surface area contributed by atoms with Gasteiger partial charge < -0.3 is 14.5 Å². The molecule has 31 heavy (non-hydrogen) atoms. The van der Waals surface area contributed by atoms with Crippen molar-refractivity contribution in [3.8, 4) is 11.4 Å². The summed E-state index contributed by atoms with van der Waals surface area (Å²) in [6.45, 7) is 6.19. The topological polar surface area (TPSA) is 83.9 Å². The van der Waals surface area contributed by atoms with Crippen LogP contribution in [0.2, 0.25) is 0 Å². The first-order valence-electron chi connectivity index (χ1n) is 10.2. The monoisotopic (exact) mass is 413 g/mol. The minimum Gasteiger partial charge on any atom is -0.328 e. The molecule has 0 fully saturated rings. The fraction of sp³-hybridized carbons (Fsp3) is 0.250. The smallest absolute Gasteiger partial charge is 0.250 e. The number of rotatable bonds is 3. The molecule has 1 aliphatic rings. The number of aromatic nitrogens is 4. The van der Waals surface area contributed by atoms with Crippen molar-refractivity contribution in [2.75, 3.05) is 11.9 Å². The number of anilines is 1. The summed E-state index contributed by atoms with van der Waals surface area (Å²) in [5.41, 5.74) is 5.23. The van der Waals surface area contributed by atoms with Crippen LogP contribution >= 0.6 is 0 Å². The minimum absolute atomic E-state index is 0.0721. The van der Waals surface area contributed by atoms with Crippen LogP contribution in [-0.4, -0.2) is 32.5 Å². The van der Waals surface area contributed by atoms with Crippen LogP contribution in [0.1, 0.15) is 30.7 Å². The van der Waals surface area contributed by atoms with Crippen LogP contribution in [0.5, 0.6) is 0 Å². The van der Waals surface area contributed by atoms with Crippen molar-refractivity contribution < 1.29 is 4.79 Å². The first-order chi connectivity index (χ1) is 14.8. The molecule has 7 heteroatoms. The Morgan fingerprint density at radius 1 is 1.13 bits per heavy atom. The molecule has 1 aliphatic heterocycles. The average Bonchev–Trinajstić information content (AvgIpc) is 3.18. The molecule has 1 N–H and O–H groups in total. The fourth-order valence-electron chi connectivity index (χ4n) is 4.34. The summed E-state index contributed by atoms with van der Waals surface area (Å²) in [6.07, 6.45) is 3.46. The quantitative estimate of drug-likeness (QED) is 0.558. The van der Waals surface area contributed by atoms with Gasteiger partial charge in [0.05, 0.1) is 28.7 Å². The van der Waals surface area contributed by atoms with Crippen molar-refractivity contribution >= 4 is 22.6 Å². The number of hydrogen-bond acceptors (Lipinski definition) is 4. The summed E-state index contributed by atoms with van der Waals surface area (Å²) >= 11 is 0. The summed E-state index contributed by atoms with van der Waals surface area (Å²) < 4.78 is 2.09. The van der Waals surface area contributed by atoms with Gasteiger partial charge in [-0.25, -0.2) is 4.98 Å². The van der Waals surface area contributed by atoms with Crippen LogP contribution in [0.3, 0.4) is 0 Å². The minimum atomic E-state index is -0.599. The standard InChI is InChI=1S/C24H23N5O2/c1-14-9-15(12-26-22(14)30)21-27-18-10-17-19(28(4)23(31)24(17,2)3)11-20(18)29(21)13-16-7-5-6-8-25-16/h5-12H,13H2,1-4H3,(H,26,30). The van der Waals surface area contributed by atoms with Crippen molar-refractivity contribution in [3.05, 3.63) is 76.0 Å². The SMILES string of the molecule is Cc1cc(-c2nc3cc4c(cc3n2Cc2ccccn2)N(C)C(=O)C4(C)C)c[nH]c1=O. The van der Waals surface area contributed by atoms with E-state index in [9.17, 15) is 9.59 Å². The highest BCUT2D eigenvalue weighted by molar-refractivity contribution is 6.09. The third-order valence-electron chi connectivity index (χ3n) is 6.13. The van der Waals surface area contributed by atoms with E-state index in [1.165, 1.54) is 0 Å². The average molecular weight is 413 g/mol. The lowest BCUT2D eigenvalue weighted by molar-refractivity contribution is -0.121. The van der Waals surface area contributed by atoms with E-state index in [1.54, 1.807) is 24.2 Å². The van der Waals surface area contributed by atoms with Gasteiger partial charge in [-0.2, -0.15) is 0 Å². The van der Waals surface area contributed by atoms with Crippen molar-refractivity contribution in [1.29, 1.82) is 0 Å². The molecule has 156 valence electrons. The van der Waals surface area contributed by atoms with Gasteiger partial charge in [-0.1, -0.05) is 6.07 Å². The first kappa shape index (κ1) is 19.2. The van der Waals surface area contributed by atoms with Crippen LogP contribution < -0.4 is 10.5 Å². The number of aromatic amines is 1. The Morgan fingerprint density at radius 3 is 2.65 bits per heavy atom. The molecular weight excluding hydrogens is 390 g/mol. The number of carbonyl (C=O) groups excluding carboxylic acids is 1. The zero-order chi connectivity index (χ0) is 21.9. The molecule has 7 nitrogen and oxygen atoms in total. The van der Waals surface area contributed by atoms with E-state index in [0.717, 1.165) is 39.4 Å². The lowest BCUT2D eigenvalue weighted by Gasteiger charge is -2.16. The second-order valence-electron chi connectivity index (χ2n) is 8.59. The van der Waals surface area contributed by atoms with E-state index >= 15 is 0 Å². The van der Waals surface area contributed by atoms with E-state index in [-0.39, 0.29) is 11.5 Å². The Morgan fingerprint density at radius 2 is 1.94 bits per heavy atom. The summed E-state index contributed by atoms with van der Waals surface area (Å²) in [5, 5.41) is 0. The number of nitrogens with one attached hydrogen (secondary N) is 1. The van der Waals surface area contributed by atoms with E-state index in [4.69, 9.17) is 4.98 Å². The number of aryl methyl sites for hydroxylation is 1. The van der Waals surface area contributed by atoms with Crippen LogP contribution in [0.4, 0.5) is 5.69 Å². The molecule has 0 unspecified atom stereocenters. The number of nitrogens with zero attached hydrogens (tertiary/aromatic N) is 4. The lowest BCUT2D eigenvalue weighted by Crippen LogP contribution is -2.33. The molecule has 4 aromatic rings. The molecular formula is C24H23N5O2. The molecule has 0 aliphatic carbocycles. The predicted molar refractivity (Wildman–Crippen MR) is 120 cm³/mol. The summed E-state index contributed by atoms with van der Waals surface area (Å²) in [4.78, 5) is 38.6. The lowest BCUT2D eigenvalue weighted by atomic mass is 9.86. The molecule has 4 heterocycles. The van der Waals surface area contributed by atoms with Crippen molar-refractivity contribution in [3.63, 3.8) is 0 Å². The fourth-order valence-corrected chi connectivity index (χ4v) is 4.34. The van der Waals surface area contributed by atoms with Gasteiger partial charge in [-0.15, -0.1) is 0 Å². The maximum absolute atomic E-state index is 12.8. The molecule has 0 bridgehead atoms. The third kappa shape index (κ3) is 2.88. The van der Waals surface area contributed by atoms with Gasteiger partial charge in [0, 0.05) is 36.3 Å². The van der Waals surface area contributed by atoms with E-state index in [0.29, 0.717) is 12.1 Å². The van der Waals surface area contributed by atoms with Gasteiger partial charge in [0.2, 0.25) is 5.91 Å². The van der Waals surface area contributed by atoms with Crippen molar-refractivity contribution in [2.45, 2.75) is 32.7 Å².